The van der Waals surface area contributed by atoms with Crippen LogP contribution in [0.5, 0.6) is 5.75 Å². The summed E-state index contributed by atoms with van der Waals surface area (Å²) in [6.07, 6.45) is 5.48. The second kappa shape index (κ2) is 7.35. The van der Waals surface area contributed by atoms with E-state index in [4.69, 9.17) is 4.74 Å². The molecule has 1 amide bonds. The van der Waals surface area contributed by atoms with Crippen molar-refractivity contribution in [1.82, 2.24) is 10.6 Å². The number of rotatable bonds is 6. The molecule has 23 heavy (non-hydrogen) atoms. The van der Waals surface area contributed by atoms with Crippen LogP contribution in [0.4, 0.5) is 0 Å². The summed E-state index contributed by atoms with van der Waals surface area (Å²) in [5.74, 6) is 1.70. The first-order valence-corrected chi connectivity index (χ1v) is 8.96. The lowest BCUT2D eigenvalue weighted by molar-refractivity contribution is -0.133. The number of nitrogens with one attached hydrogen (secondary N) is 2. The predicted molar refractivity (Wildman–Crippen MR) is 91.6 cm³/mol. The van der Waals surface area contributed by atoms with Gasteiger partial charge in [0.25, 0.3) is 0 Å². The van der Waals surface area contributed by atoms with E-state index in [0.29, 0.717) is 19.1 Å². The van der Waals surface area contributed by atoms with E-state index in [1.807, 2.05) is 25.1 Å². The molecule has 0 radical (unpaired) electrons. The SMILES string of the molecule is CCOc1ccccc1CCNC(=O)[C@@]12CCCC[C@H]1CNC2. The molecule has 1 aromatic carbocycles. The van der Waals surface area contributed by atoms with Crippen molar-refractivity contribution in [3.63, 3.8) is 0 Å². The van der Waals surface area contributed by atoms with Crippen LogP contribution < -0.4 is 15.4 Å². The van der Waals surface area contributed by atoms with Crippen LogP contribution in [-0.2, 0) is 11.2 Å². The van der Waals surface area contributed by atoms with Crippen LogP contribution in [-0.4, -0.2) is 32.1 Å². The average Bonchev–Trinajstić information content (AvgIpc) is 3.02. The fourth-order valence-electron chi connectivity index (χ4n) is 4.18. The van der Waals surface area contributed by atoms with E-state index in [2.05, 4.69) is 16.7 Å². The zero-order valence-electron chi connectivity index (χ0n) is 14.1. The van der Waals surface area contributed by atoms with Gasteiger partial charge in [-0.2, -0.15) is 0 Å². The molecule has 0 spiro atoms. The van der Waals surface area contributed by atoms with Gasteiger partial charge >= 0.3 is 0 Å². The Labute approximate surface area is 139 Å². The van der Waals surface area contributed by atoms with Crippen molar-refractivity contribution < 1.29 is 9.53 Å². The zero-order valence-corrected chi connectivity index (χ0v) is 14.1. The molecule has 2 N–H and O–H groups in total. The minimum Gasteiger partial charge on any atom is -0.494 e. The van der Waals surface area contributed by atoms with Crippen molar-refractivity contribution in [2.45, 2.75) is 39.0 Å². The third-order valence-electron chi connectivity index (χ3n) is 5.44. The third kappa shape index (κ3) is 3.37. The van der Waals surface area contributed by atoms with E-state index < -0.39 is 0 Å². The van der Waals surface area contributed by atoms with Crippen LogP contribution >= 0.6 is 0 Å². The molecule has 0 aromatic heterocycles. The third-order valence-corrected chi connectivity index (χ3v) is 5.44. The second-order valence-electron chi connectivity index (χ2n) is 6.78. The van der Waals surface area contributed by atoms with Crippen LogP contribution in [0.15, 0.2) is 24.3 Å². The normalized spacial score (nSPS) is 26.6. The first-order valence-electron chi connectivity index (χ1n) is 8.96. The molecule has 1 saturated carbocycles. The molecular formula is C19H28N2O2. The fourth-order valence-corrected chi connectivity index (χ4v) is 4.18. The van der Waals surface area contributed by atoms with Crippen molar-refractivity contribution >= 4 is 5.91 Å². The molecule has 2 fully saturated rings. The smallest absolute Gasteiger partial charge is 0.227 e. The molecule has 1 aromatic rings. The van der Waals surface area contributed by atoms with E-state index in [0.717, 1.165) is 37.2 Å². The minimum atomic E-state index is -0.155. The molecule has 4 nitrogen and oxygen atoms in total. The number of para-hydroxylation sites is 1. The highest BCUT2D eigenvalue weighted by Crippen LogP contribution is 2.43. The summed E-state index contributed by atoms with van der Waals surface area (Å²) in [5, 5.41) is 6.64. The summed E-state index contributed by atoms with van der Waals surface area (Å²) in [7, 11) is 0. The molecule has 0 unspecified atom stereocenters. The predicted octanol–water partition coefficient (Wildman–Crippen LogP) is 2.52. The Morgan fingerprint density at radius 3 is 3.13 bits per heavy atom. The Bertz CT molecular complexity index is 546. The Morgan fingerprint density at radius 2 is 2.26 bits per heavy atom. The van der Waals surface area contributed by atoms with Crippen LogP contribution in [0.2, 0.25) is 0 Å². The van der Waals surface area contributed by atoms with Crippen molar-refractivity contribution in [3.8, 4) is 5.75 Å². The van der Waals surface area contributed by atoms with Gasteiger partial charge in [-0.05, 0) is 50.3 Å². The number of ether oxygens (including phenoxy) is 1. The fraction of sp³-hybridized carbons (Fsp3) is 0.632. The van der Waals surface area contributed by atoms with Gasteiger partial charge in [0.05, 0.1) is 12.0 Å². The number of hydrogen-bond donors (Lipinski definition) is 2. The molecular weight excluding hydrogens is 288 g/mol. The number of benzene rings is 1. The number of carbonyl (C=O) groups is 1. The average molecular weight is 316 g/mol. The topological polar surface area (TPSA) is 50.4 Å². The maximum atomic E-state index is 12.8. The van der Waals surface area contributed by atoms with Crippen molar-refractivity contribution in [1.29, 1.82) is 0 Å². The number of hydrogen-bond acceptors (Lipinski definition) is 3. The number of fused-ring (bicyclic) bond motifs is 1. The van der Waals surface area contributed by atoms with Crippen LogP contribution in [0.3, 0.4) is 0 Å². The highest BCUT2D eigenvalue weighted by Gasteiger charge is 2.49. The molecule has 4 heteroatoms. The first-order chi connectivity index (χ1) is 11.3. The molecule has 2 aliphatic rings. The minimum absolute atomic E-state index is 0.155. The standard InChI is InChI=1S/C19H28N2O2/c1-2-23-17-9-4-3-7-15(17)10-12-21-18(22)19-11-6-5-8-16(19)13-20-14-19/h3-4,7,9,16,20H,2,5-6,8,10-14H2,1H3,(H,21,22)/t16-,19+/m0/s1. The van der Waals surface area contributed by atoms with Gasteiger partial charge in [0.1, 0.15) is 5.75 Å². The van der Waals surface area contributed by atoms with Gasteiger partial charge in [0.15, 0.2) is 0 Å². The highest BCUT2D eigenvalue weighted by molar-refractivity contribution is 5.83. The maximum Gasteiger partial charge on any atom is 0.227 e. The van der Waals surface area contributed by atoms with E-state index in [9.17, 15) is 4.79 Å². The lowest BCUT2D eigenvalue weighted by Gasteiger charge is -2.37. The van der Waals surface area contributed by atoms with Gasteiger partial charge in [0, 0.05) is 13.1 Å². The monoisotopic (exact) mass is 316 g/mol. The molecule has 126 valence electrons. The second-order valence-corrected chi connectivity index (χ2v) is 6.78. The van der Waals surface area contributed by atoms with Crippen LogP contribution in [0.25, 0.3) is 0 Å². The maximum absolute atomic E-state index is 12.8. The van der Waals surface area contributed by atoms with E-state index in [1.165, 1.54) is 19.3 Å². The summed E-state index contributed by atoms with van der Waals surface area (Å²) >= 11 is 0. The van der Waals surface area contributed by atoms with Gasteiger partial charge in [-0.15, -0.1) is 0 Å². The number of carbonyl (C=O) groups excluding carboxylic acids is 1. The molecule has 1 aliphatic heterocycles. The van der Waals surface area contributed by atoms with Crippen molar-refractivity contribution in [2.75, 3.05) is 26.2 Å². The Hall–Kier alpha value is -1.55. The Morgan fingerprint density at radius 1 is 1.39 bits per heavy atom. The van der Waals surface area contributed by atoms with E-state index in [-0.39, 0.29) is 11.3 Å². The summed E-state index contributed by atoms with van der Waals surface area (Å²) < 4.78 is 5.66. The molecule has 2 atom stereocenters. The first kappa shape index (κ1) is 16.3. The van der Waals surface area contributed by atoms with E-state index >= 15 is 0 Å². The quantitative estimate of drug-likeness (QED) is 0.848. The largest absolute Gasteiger partial charge is 0.494 e. The van der Waals surface area contributed by atoms with E-state index in [1.54, 1.807) is 0 Å². The van der Waals surface area contributed by atoms with Gasteiger partial charge in [-0.3, -0.25) is 4.79 Å². The van der Waals surface area contributed by atoms with Gasteiger partial charge in [-0.25, -0.2) is 0 Å². The molecule has 0 bridgehead atoms. The van der Waals surface area contributed by atoms with Gasteiger partial charge < -0.3 is 15.4 Å². The van der Waals surface area contributed by atoms with Crippen LogP contribution in [0.1, 0.15) is 38.2 Å². The summed E-state index contributed by atoms with van der Waals surface area (Å²) in [6, 6.07) is 8.09. The van der Waals surface area contributed by atoms with Gasteiger partial charge in [0.2, 0.25) is 5.91 Å². The summed E-state index contributed by atoms with van der Waals surface area (Å²) in [6.45, 7) is 5.19. The number of amides is 1. The van der Waals surface area contributed by atoms with Crippen molar-refractivity contribution in [3.05, 3.63) is 29.8 Å². The molecule has 1 heterocycles. The zero-order chi connectivity index (χ0) is 16.1. The Balaban J connectivity index is 1.57. The summed E-state index contributed by atoms with van der Waals surface area (Å²) in [5.41, 5.74) is 1.01. The highest BCUT2D eigenvalue weighted by atomic mass is 16.5. The lowest BCUT2D eigenvalue weighted by Crippen LogP contribution is -2.48. The van der Waals surface area contributed by atoms with Crippen molar-refractivity contribution in [2.24, 2.45) is 11.3 Å². The lowest BCUT2D eigenvalue weighted by atomic mass is 9.67. The Kier molecular flexibility index (Phi) is 5.21. The molecule has 3 rings (SSSR count). The van der Waals surface area contributed by atoms with Gasteiger partial charge in [-0.1, -0.05) is 31.0 Å². The molecule has 1 saturated heterocycles. The van der Waals surface area contributed by atoms with Crippen LogP contribution in [0, 0.1) is 11.3 Å². The molecule has 1 aliphatic carbocycles. The summed E-state index contributed by atoms with van der Waals surface area (Å²) in [4.78, 5) is 12.8.